The minimum absolute atomic E-state index is 1.05. The molecular weight excluding hydrogens is 158 g/mol. The largest absolute Gasteiger partial charge is 0.246 e. The lowest BCUT2D eigenvalue weighted by atomic mass is 10.0. The van der Waals surface area contributed by atoms with Crippen LogP contribution in [0, 0.1) is 6.20 Å². The van der Waals surface area contributed by atoms with E-state index in [1.165, 1.54) is 17.4 Å². The van der Waals surface area contributed by atoms with Gasteiger partial charge in [0.1, 0.15) is 0 Å². The van der Waals surface area contributed by atoms with E-state index in [1.54, 1.807) is 0 Å². The Morgan fingerprint density at radius 1 is 1.31 bits per heavy atom. The molecule has 0 saturated heterocycles. The molecule has 1 heteroatoms. The molecule has 2 aromatic rings. The lowest BCUT2D eigenvalue weighted by Gasteiger charge is -2.02. The molecule has 0 amide bonds. The van der Waals surface area contributed by atoms with Gasteiger partial charge in [0.15, 0.2) is 0 Å². The predicted molar refractivity (Wildman–Crippen MR) is 54.6 cm³/mol. The minimum Gasteiger partial charge on any atom is -0.246 e. The molecule has 0 bridgehead atoms. The summed E-state index contributed by atoms with van der Waals surface area (Å²) in [6, 6.07) is 10.2. The molecule has 2 rings (SSSR count). The Labute approximate surface area is 78.4 Å². The van der Waals surface area contributed by atoms with Gasteiger partial charge >= 0.3 is 0 Å². The van der Waals surface area contributed by atoms with Gasteiger partial charge in [-0.2, -0.15) is 0 Å². The first-order valence-electron chi connectivity index (χ1n) is 4.66. The van der Waals surface area contributed by atoms with E-state index < -0.39 is 0 Å². The van der Waals surface area contributed by atoms with Crippen molar-refractivity contribution in [2.75, 3.05) is 0 Å². The number of aryl methyl sites for hydroxylation is 1. The zero-order valence-electron chi connectivity index (χ0n) is 7.75. The van der Waals surface area contributed by atoms with Crippen molar-refractivity contribution in [3.8, 4) is 0 Å². The van der Waals surface area contributed by atoms with Crippen LogP contribution in [-0.2, 0) is 6.42 Å². The number of benzene rings is 1. The molecule has 0 unspecified atom stereocenters. The average molecular weight is 170 g/mol. The van der Waals surface area contributed by atoms with Crippen LogP contribution in [0.4, 0.5) is 0 Å². The first-order chi connectivity index (χ1) is 6.42. The van der Waals surface area contributed by atoms with E-state index in [4.69, 9.17) is 0 Å². The second kappa shape index (κ2) is 3.56. The van der Waals surface area contributed by atoms with Gasteiger partial charge in [0, 0.05) is 5.39 Å². The highest BCUT2D eigenvalue weighted by atomic mass is 14.6. The van der Waals surface area contributed by atoms with Crippen LogP contribution in [0.1, 0.15) is 18.9 Å². The monoisotopic (exact) mass is 170 g/mol. The van der Waals surface area contributed by atoms with E-state index in [-0.39, 0.29) is 0 Å². The van der Waals surface area contributed by atoms with Crippen molar-refractivity contribution in [3.05, 3.63) is 42.1 Å². The Balaban J connectivity index is 2.61. The van der Waals surface area contributed by atoms with Crippen LogP contribution < -0.4 is 0 Å². The van der Waals surface area contributed by atoms with E-state index in [0.717, 1.165) is 11.9 Å². The summed E-state index contributed by atoms with van der Waals surface area (Å²) in [5.74, 6) is 0. The molecule has 0 aliphatic carbocycles. The molecule has 1 nitrogen and oxygen atoms in total. The second-order valence-electron chi connectivity index (χ2n) is 3.17. The molecule has 0 aliphatic heterocycles. The normalized spacial score (nSPS) is 10.5. The summed E-state index contributed by atoms with van der Waals surface area (Å²) < 4.78 is 0. The topological polar surface area (TPSA) is 12.9 Å². The number of pyridine rings is 1. The van der Waals surface area contributed by atoms with Crippen LogP contribution in [0.15, 0.2) is 30.3 Å². The van der Waals surface area contributed by atoms with Crippen molar-refractivity contribution < 1.29 is 0 Å². The van der Waals surface area contributed by atoms with Crippen molar-refractivity contribution in [1.29, 1.82) is 0 Å². The van der Waals surface area contributed by atoms with Gasteiger partial charge in [-0.3, -0.25) is 0 Å². The van der Waals surface area contributed by atoms with E-state index >= 15 is 0 Å². The van der Waals surface area contributed by atoms with Crippen LogP contribution in [0.2, 0.25) is 0 Å². The van der Waals surface area contributed by atoms with Crippen LogP contribution in [-0.4, -0.2) is 4.98 Å². The first-order valence-corrected chi connectivity index (χ1v) is 4.66. The third-order valence-corrected chi connectivity index (χ3v) is 2.20. The average Bonchev–Trinajstić information content (AvgIpc) is 2.19. The highest BCUT2D eigenvalue weighted by molar-refractivity contribution is 5.81. The Bertz CT molecular complexity index is 401. The van der Waals surface area contributed by atoms with Gasteiger partial charge in [0.05, 0.1) is 11.7 Å². The molecule has 0 fully saturated rings. The Morgan fingerprint density at radius 2 is 2.23 bits per heavy atom. The summed E-state index contributed by atoms with van der Waals surface area (Å²) in [4.78, 5) is 4.20. The lowest BCUT2D eigenvalue weighted by molar-refractivity contribution is 0.929. The summed E-state index contributed by atoms with van der Waals surface area (Å²) in [5, 5.41) is 1.27. The Morgan fingerprint density at radius 3 is 3.08 bits per heavy atom. The summed E-state index contributed by atoms with van der Waals surface area (Å²) in [6.45, 7) is 2.20. The summed E-state index contributed by atoms with van der Waals surface area (Å²) in [7, 11) is 0. The minimum atomic E-state index is 1.05. The van der Waals surface area contributed by atoms with Crippen LogP contribution in [0.3, 0.4) is 0 Å². The Kier molecular flexibility index (Phi) is 2.26. The molecular formula is C12H12N. The number of nitrogens with zero attached hydrogens (tertiary/aromatic N) is 1. The fraction of sp³-hybridized carbons (Fsp3) is 0.250. The van der Waals surface area contributed by atoms with Crippen molar-refractivity contribution >= 4 is 10.9 Å². The molecule has 0 N–H and O–H groups in total. The van der Waals surface area contributed by atoms with Crippen molar-refractivity contribution in [1.82, 2.24) is 4.98 Å². The number of hydrogen-bond acceptors (Lipinski definition) is 1. The maximum absolute atomic E-state index is 4.20. The van der Waals surface area contributed by atoms with E-state index in [1.807, 2.05) is 12.1 Å². The number of fused-ring (bicyclic) bond motifs is 1. The fourth-order valence-electron chi connectivity index (χ4n) is 1.60. The summed E-state index contributed by atoms with van der Waals surface area (Å²) in [6.07, 6.45) is 5.16. The molecule has 0 aliphatic rings. The zero-order chi connectivity index (χ0) is 9.10. The van der Waals surface area contributed by atoms with Crippen molar-refractivity contribution in [2.45, 2.75) is 19.8 Å². The zero-order valence-corrected chi connectivity index (χ0v) is 7.75. The highest BCUT2D eigenvalue weighted by Crippen LogP contribution is 2.17. The molecule has 0 atom stereocenters. The molecule has 1 aromatic heterocycles. The molecule has 0 saturated carbocycles. The molecule has 13 heavy (non-hydrogen) atoms. The predicted octanol–water partition coefficient (Wildman–Crippen LogP) is 2.99. The number of hydrogen-bond donors (Lipinski definition) is 0. The SMILES string of the molecule is CCCc1cccc2n[c]ccc12. The third kappa shape index (κ3) is 1.55. The smallest absolute Gasteiger partial charge is 0.0894 e. The molecule has 65 valence electrons. The van der Waals surface area contributed by atoms with Crippen LogP contribution in [0.5, 0.6) is 0 Å². The number of rotatable bonds is 2. The van der Waals surface area contributed by atoms with Crippen molar-refractivity contribution in [3.63, 3.8) is 0 Å². The van der Waals surface area contributed by atoms with Crippen LogP contribution in [0.25, 0.3) is 10.9 Å². The van der Waals surface area contributed by atoms with Gasteiger partial charge < -0.3 is 0 Å². The van der Waals surface area contributed by atoms with Gasteiger partial charge in [0.2, 0.25) is 0 Å². The fourth-order valence-corrected chi connectivity index (χ4v) is 1.60. The standard InChI is InChI=1S/C12H12N/c1-2-5-10-6-3-8-12-11(10)7-4-9-13-12/h3-4,6-8H,2,5H2,1H3. The summed E-state index contributed by atoms with van der Waals surface area (Å²) in [5.41, 5.74) is 2.44. The van der Waals surface area contributed by atoms with Crippen LogP contribution >= 0.6 is 0 Å². The molecule has 1 heterocycles. The van der Waals surface area contributed by atoms with Gasteiger partial charge in [-0.15, -0.1) is 0 Å². The number of aromatic nitrogens is 1. The quantitative estimate of drug-likeness (QED) is 0.675. The van der Waals surface area contributed by atoms with Gasteiger partial charge in [-0.05, 0) is 24.1 Å². The first kappa shape index (κ1) is 8.24. The van der Waals surface area contributed by atoms with Gasteiger partial charge in [-0.1, -0.05) is 31.5 Å². The third-order valence-electron chi connectivity index (χ3n) is 2.20. The van der Waals surface area contributed by atoms with Crippen molar-refractivity contribution in [2.24, 2.45) is 0 Å². The highest BCUT2D eigenvalue weighted by Gasteiger charge is 1.98. The van der Waals surface area contributed by atoms with Gasteiger partial charge in [0.25, 0.3) is 0 Å². The molecule has 0 spiro atoms. The maximum atomic E-state index is 4.20. The summed E-state index contributed by atoms with van der Waals surface area (Å²) >= 11 is 0. The van der Waals surface area contributed by atoms with E-state index in [9.17, 15) is 0 Å². The molecule has 1 aromatic carbocycles. The second-order valence-corrected chi connectivity index (χ2v) is 3.17. The lowest BCUT2D eigenvalue weighted by Crippen LogP contribution is -1.86. The molecule has 1 radical (unpaired) electrons. The maximum Gasteiger partial charge on any atom is 0.0894 e. The van der Waals surface area contributed by atoms with Gasteiger partial charge in [-0.25, -0.2) is 4.98 Å². The Hall–Kier alpha value is -1.37. The van der Waals surface area contributed by atoms with E-state index in [2.05, 4.69) is 36.3 Å². The van der Waals surface area contributed by atoms with E-state index in [0.29, 0.717) is 0 Å².